The number of likely N-dealkylation sites (N-methyl/N-ethyl adjacent to an activating group) is 1. The van der Waals surface area contributed by atoms with Gasteiger partial charge in [-0.2, -0.15) is 4.31 Å². The Labute approximate surface area is 211 Å². The number of rotatable bonds is 5. The standard InChI is InChI=1S/C25H34N6O4S/c1-17-23-27-22(28-25(32)31(23)24(26-17)18-8-5-4-6-9-18)20-11-10-19(16-21(20)35-3)36(33,34)30-13-7-12-29(2)14-15-30/h10-11,16,18H,4-9,12-15H2,1-3H3,(H,27,28,32). The molecule has 36 heavy (non-hydrogen) atoms. The zero-order chi connectivity index (χ0) is 25.4. The molecule has 1 aliphatic carbocycles. The summed E-state index contributed by atoms with van der Waals surface area (Å²) in [5, 5.41) is 0. The van der Waals surface area contributed by atoms with Gasteiger partial charge in [-0.05, 0) is 51.9 Å². The van der Waals surface area contributed by atoms with Crippen molar-refractivity contribution < 1.29 is 13.2 Å². The van der Waals surface area contributed by atoms with Gasteiger partial charge in [0.2, 0.25) is 10.0 Å². The normalized spacial score (nSPS) is 19.0. The van der Waals surface area contributed by atoms with Crippen LogP contribution in [0.25, 0.3) is 17.0 Å². The molecular weight excluding hydrogens is 480 g/mol. The van der Waals surface area contributed by atoms with Gasteiger partial charge >= 0.3 is 5.69 Å². The molecule has 10 nitrogen and oxygen atoms in total. The number of aryl methyl sites for hydroxylation is 1. The van der Waals surface area contributed by atoms with Crippen molar-refractivity contribution in [3.8, 4) is 17.1 Å². The number of nitrogens with one attached hydrogen (secondary N) is 1. The van der Waals surface area contributed by atoms with Crippen molar-refractivity contribution in [2.75, 3.05) is 40.3 Å². The number of benzene rings is 1. The molecule has 3 aromatic rings. The van der Waals surface area contributed by atoms with Gasteiger partial charge in [-0.25, -0.2) is 27.6 Å². The third-order valence-corrected chi connectivity index (χ3v) is 9.30. The molecule has 1 aliphatic heterocycles. The number of fused-ring (bicyclic) bond motifs is 1. The van der Waals surface area contributed by atoms with E-state index < -0.39 is 10.0 Å². The summed E-state index contributed by atoms with van der Waals surface area (Å²) in [6.07, 6.45) is 6.33. The summed E-state index contributed by atoms with van der Waals surface area (Å²) in [6.45, 7) is 4.34. The van der Waals surface area contributed by atoms with Crippen LogP contribution in [0.3, 0.4) is 0 Å². The van der Waals surface area contributed by atoms with Crippen LogP contribution in [0.2, 0.25) is 0 Å². The molecule has 2 aliphatic rings. The molecule has 5 rings (SSSR count). The lowest BCUT2D eigenvalue weighted by Crippen LogP contribution is -2.34. The molecule has 0 spiro atoms. The predicted molar refractivity (Wildman–Crippen MR) is 137 cm³/mol. The summed E-state index contributed by atoms with van der Waals surface area (Å²) in [7, 11) is -0.196. The fourth-order valence-corrected chi connectivity index (χ4v) is 6.85. The molecule has 1 saturated heterocycles. The average molecular weight is 515 g/mol. The van der Waals surface area contributed by atoms with E-state index in [1.165, 1.54) is 23.9 Å². The number of nitrogens with zero attached hydrogens (tertiary/aromatic N) is 5. The Morgan fingerprint density at radius 3 is 2.56 bits per heavy atom. The van der Waals surface area contributed by atoms with Crippen LogP contribution in [0.15, 0.2) is 27.9 Å². The highest BCUT2D eigenvalue weighted by atomic mass is 32.2. The van der Waals surface area contributed by atoms with Crippen LogP contribution < -0.4 is 10.4 Å². The SMILES string of the molecule is COc1cc(S(=O)(=O)N2CCCN(C)CC2)ccc1-c1nc2c(C)nc(C3CCCCC3)n2c(=O)[nH]1. The smallest absolute Gasteiger partial charge is 0.334 e. The Kier molecular flexibility index (Phi) is 6.88. The Balaban J connectivity index is 1.52. The number of ether oxygens (including phenoxy) is 1. The molecule has 3 heterocycles. The van der Waals surface area contributed by atoms with Crippen LogP contribution in [0.1, 0.15) is 56.0 Å². The molecule has 2 fully saturated rings. The van der Waals surface area contributed by atoms with Crippen LogP contribution in [0, 0.1) is 6.92 Å². The number of aromatic nitrogens is 4. The van der Waals surface area contributed by atoms with Crippen molar-refractivity contribution in [2.24, 2.45) is 0 Å². The van der Waals surface area contributed by atoms with E-state index >= 15 is 0 Å². The lowest BCUT2D eigenvalue weighted by molar-refractivity contribution is 0.347. The minimum absolute atomic E-state index is 0.163. The van der Waals surface area contributed by atoms with E-state index in [1.807, 2.05) is 14.0 Å². The molecule has 194 valence electrons. The van der Waals surface area contributed by atoms with E-state index in [2.05, 4.69) is 9.88 Å². The highest BCUT2D eigenvalue weighted by Gasteiger charge is 2.28. The molecule has 1 saturated carbocycles. The fourth-order valence-electron chi connectivity index (χ4n) is 5.37. The number of imidazole rings is 1. The van der Waals surface area contributed by atoms with Gasteiger partial charge in [0.15, 0.2) is 5.65 Å². The zero-order valence-corrected chi connectivity index (χ0v) is 22.0. The fraction of sp³-hybridized carbons (Fsp3) is 0.560. The van der Waals surface area contributed by atoms with Crippen LogP contribution >= 0.6 is 0 Å². The maximum absolute atomic E-state index is 13.4. The van der Waals surface area contributed by atoms with Crippen molar-refractivity contribution in [1.82, 2.24) is 28.6 Å². The van der Waals surface area contributed by atoms with E-state index in [-0.39, 0.29) is 16.5 Å². The van der Waals surface area contributed by atoms with Crippen molar-refractivity contribution >= 4 is 15.7 Å². The molecule has 0 unspecified atom stereocenters. The quantitative estimate of drug-likeness (QED) is 0.557. The van der Waals surface area contributed by atoms with Gasteiger partial charge in [0.05, 0.1) is 23.3 Å². The highest BCUT2D eigenvalue weighted by molar-refractivity contribution is 7.89. The Hall–Kier alpha value is -2.76. The van der Waals surface area contributed by atoms with Crippen molar-refractivity contribution in [1.29, 1.82) is 0 Å². The second kappa shape index (κ2) is 9.95. The molecule has 0 bridgehead atoms. The van der Waals surface area contributed by atoms with Crippen LogP contribution in [0.4, 0.5) is 0 Å². The van der Waals surface area contributed by atoms with E-state index in [1.54, 1.807) is 16.5 Å². The third kappa shape index (κ3) is 4.55. The third-order valence-electron chi connectivity index (χ3n) is 7.41. The topological polar surface area (TPSA) is 113 Å². The van der Waals surface area contributed by atoms with Gasteiger partial charge in [0.25, 0.3) is 0 Å². The minimum Gasteiger partial charge on any atom is -0.496 e. The molecular formula is C25H34N6O4S. The summed E-state index contributed by atoms with van der Waals surface area (Å²) in [5.74, 6) is 1.69. The maximum Gasteiger partial charge on any atom is 0.334 e. The zero-order valence-electron chi connectivity index (χ0n) is 21.2. The largest absolute Gasteiger partial charge is 0.496 e. The maximum atomic E-state index is 13.4. The number of hydrogen-bond acceptors (Lipinski definition) is 7. The number of hydrogen-bond donors (Lipinski definition) is 1. The first-order chi connectivity index (χ1) is 17.3. The number of sulfonamides is 1. The summed E-state index contributed by atoms with van der Waals surface area (Å²) in [6, 6.07) is 4.72. The molecule has 0 atom stereocenters. The molecule has 0 amide bonds. The highest BCUT2D eigenvalue weighted by Crippen LogP contribution is 2.34. The first-order valence-electron chi connectivity index (χ1n) is 12.7. The summed E-state index contributed by atoms with van der Waals surface area (Å²) in [4.78, 5) is 27.9. The van der Waals surface area contributed by atoms with Crippen LogP contribution in [-0.4, -0.2) is 77.3 Å². The predicted octanol–water partition coefficient (Wildman–Crippen LogP) is 2.78. The molecule has 2 aromatic heterocycles. The van der Waals surface area contributed by atoms with Crippen LogP contribution in [-0.2, 0) is 10.0 Å². The van der Waals surface area contributed by atoms with Gasteiger partial charge in [-0.15, -0.1) is 0 Å². The molecule has 1 aromatic carbocycles. The summed E-state index contributed by atoms with van der Waals surface area (Å²) in [5.41, 5.74) is 1.43. The van der Waals surface area contributed by atoms with Gasteiger partial charge in [-0.1, -0.05) is 19.3 Å². The van der Waals surface area contributed by atoms with Gasteiger partial charge in [0, 0.05) is 31.6 Å². The van der Waals surface area contributed by atoms with E-state index in [0.717, 1.165) is 44.5 Å². The lowest BCUT2D eigenvalue weighted by Gasteiger charge is -2.21. The summed E-state index contributed by atoms with van der Waals surface area (Å²) >= 11 is 0. The second-order valence-corrected chi connectivity index (χ2v) is 11.8. The van der Waals surface area contributed by atoms with Gasteiger partial charge < -0.3 is 9.64 Å². The average Bonchev–Trinajstić information content (AvgIpc) is 3.06. The number of methoxy groups -OCH3 is 1. The first-order valence-corrected chi connectivity index (χ1v) is 14.1. The molecule has 0 radical (unpaired) electrons. The van der Waals surface area contributed by atoms with Crippen molar-refractivity contribution in [2.45, 2.75) is 56.3 Å². The summed E-state index contributed by atoms with van der Waals surface area (Å²) < 4.78 is 35.4. The minimum atomic E-state index is -3.68. The van der Waals surface area contributed by atoms with Crippen molar-refractivity contribution in [3.05, 3.63) is 40.2 Å². The van der Waals surface area contributed by atoms with Crippen LogP contribution in [0.5, 0.6) is 5.75 Å². The number of aromatic amines is 1. The second-order valence-electron chi connectivity index (χ2n) is 9.86. The van der Waals surface area contributed by atoms with Gasteiger partial charge in [0.1, 0.15) is 17.4 Å². The van der Waals surface area contributed by atoms with E-state index in [9.17, 15) is 13.2 Å². The monoisotopic (exact) mass is 514 g/mol. The van der Waals surface area contributed by atoms with Gasteiger partial charge in [-0.3, -0.25) is 4.98 Å². The van der Waals surface area contributed by atoms with E-state index in [0.29, 0.717) is 48.1 Å². The first kappa shape index (κ1) is 24.9. The van der Waals surface area contributed by atoms with E-state index in [4.69, 9.17) is 14.7 Å². The Morgan fingerprint density at radius 2 is 1.81 bits per heavy atom. The number of H-pyrrole nitrogens is 1. The van der Waals surface area contributed by atoms with Crippen molar-refractivity contribution in [3.63, 3.8) is 0 Å². The Morgan fingerprint density at radius 1 is 1.03 bits per heavy atom. The molecule has 1 N–H and O–H groups in total. The molecule has 11 heteroatoms. The lowest BCUT2D eigenvalue weighted by atomic mass is 9.89. The Bertz CT molecular complexity index is 1420.